The fourth-order valence-corrected chi connectivity index (χ4v) is 2.61. The van der Waals surface area contributed by atoms with Gasteiger partial charge in [-0.25, -0.2) is 8.78 Å². The molecule has 0 bridgehead atoms. The summed E-state index contributed by atoms with van der Waals surface area (Å²) in [7, 11) is 1.63. The lowest BCUT2D eigenvalue weighted by Gasteiger charge is -2.11. The Morgan fingerprint density at radius 3 is 2.48 bits per heavy atom. The van der Waals surface area contributed by atoms with Crippen molar-refractivity contribution in [3.8, 4) is 0 Å². The van der Waals surface area contributed by atoms with Gasteiger partial charge >= 0.3 is 0 Å². The zero-order chi connectivity index (χ0) is 16.4. The van der Waals surface area contributed by atoms with Crippen LogP contribution in [0.3, 0.4) is 0 Å². The highest BCUT2D eigenvalue weighted by atomic mass is 19.3. The van der Waals surface area contributed by atoms with Gasteiger partial charge in [0.15, 0.2) is 12.0 Å². The maximum atomic E-state index is 12.9. The summed E-state index contributed by atoms with van der Waals surface area (Å²) >= 11 is 0. The summed E-state index contributed by atoms with van der Waals surface area (Å²) in [5.74, 6) is 0.0576. The van der Waals surface area contributed by atoms with Crippen LogP contribution in [0.15, 0.2) is 60.5 Å². The topological polar surface area (TPSA) is 38.3 Å². The second-order valence-corrected chi connectivity index (χ2v) is 5.15. The molecule has 3 nitrogen and oxygen atoms in total. The van der Waals surface area contributed by atoms with Gasteiger partial charge in [-0.15, -0.1) is 0 Å². The van der Waals surface area contributed by atoms with E-state index in [1.54, 1.807) is 25.2 Å². The molecule has 1 atom stereocenters. The Balaban J connectivity index is 2.00. The molecule has 2 aromatic carbocycles. The number of nitrogens with one attached hydrogen (secondary N) is 1. The normalized spacial score (nSPS) is 17.6. The number of ketones is 1. The monoisotopic (exact) mass is 315 g/mol. The Labute approximate surface area is 132 Å². The molecule has 118 valence electrons. The Morgan fingerprint density at radius 2 is 1.83 bits per heavy atom. The third kappa shape index (κ3) is 2.82. The molecule has 0 aliphatic carbocycles. The van der Waals surface area contributed by atoms with Crippen molar-refractivity contribution in [3.63, 3.8) is 0 Å². The van der Waals surface area contributed by atoms with Gasteiger partial charge in [-0.05, 0) is 11.6 Å². The number of ether oxygens (including phenoxy) is 1. The van der Waals surface area contributed by atoms with E-state index in [4.69, 9.17) is 4.74 Å². The molecule has 0 radical (unpaired) electrons. The quantitative estimate of drug-likeness (QED) is 0.931. The van der Waals surface area contributed by atoms with E-state index in [9.17, 15) is 13.6 Å². The van der Waals surface area contributed by atoms with Gasteiger partial charge in [0.1, 0.15) is 0 Å². The maximum absolute atomic E-state index is 12.9. The molecule has 0 saturated carbocycles. The molecule has 1 N–H and O–H groups in total. The molecule has 2 aromatic rings. The van der Waals surface area contributed by atoms with Crippen LogP contribution in [0, 0.1) is 0 Å². The summed E-state index contributed by atoms with van der Waals surface area (Å²) in [5.41, 5.74) is 1.33. The van der Waals surface area contributed by atoms with Crippen molar-refractivity contribution >= 4 is 11.4 Å². The second kappa shape index (κ2) is 6.20. The number of Topliss-reactive ketones (excluding diaryl/α,β-unsaturated/α-hetero) is 1. The predicted octanol–water partition coefficient (Wildman–Crippen LogP) is 3.85. The number of halogens is 2. The number of rotatable bonds is 4. The molecule has 3 rings (SSSR count). The molecule has 1 heterocycles. The second-order valence-electron chi connectivity index (χ2n) is 5.15. The zero-order valence-electron chi connectivity index (χ0n) is 12.4. The molecule has 1 aliphatic heterocycles. The predicted molar refractivity (Wildman–Crippen MR) is 82.7 cm³/mol. The number of carbonyl (C=O) groups excluding carboxylic acids is 1. The molecule has 23 heavy (non-hydrogen) atoms. The first kappa shape index (κ1) is 15.2. The number of hydrogen-bond donors (Lipinski definition) is 1. The van der Waals surface area contributed by atoms with Gasteiger partial charge in [0.2, 0.25) is 5.78 Å². The molecule has 0 aromatic heterocycles. The summed E-state index contributed by atoms with van der Waals surface area (Å²) in [6.45, 7) is 0. The highest BCUT2D eigenvalue weighted by molar-refractivity contribution is 6.25. The highest BCUT2D eigenvalue weighted by Gasteiger charge is 2.36. The summed E-state index contributed by atoms with van der Waals surface area (Å²) in [6.07, 6.45) is -3.35. The fourth-order valence-electron chi connectivity index (χ4n) is 2.61. The Hall–Kier alpha value is -2.69. The van der Waals surface area contributed by atoms with E-state index in [1.165, 1.54) is 18.2 Å². The summed E-state index contributed by atoms with van der Waals surface area (Å²) in [4.78, 5) is 12.7. The standard InChI is InChI=1S/C18H15F2NO2/c1-21-18-14(12-8-5-9-13(10-12)17(19)20)15(22)16(23-18)11-6-3-2-4-7-11/h2-10,16-17,21H,1H3. The van der Waals surface area contributed by atoms with Crippen LogP contribution in [0.5, 0.6) is 0 Å². The molecule has 0 spiro atoms. The van der Waals surface area contributed by atoms with E-state index < -0.39 is 12.5 Å². The zero-order valence-corrected chi connectivity index (χ0v) is 12.4. The van der Waals surface area contributed by atoms with Crippen molar-refractivity contribution in [3.05, 3.63) is 77.2 Å². The van der Waals surface area contributed by atoms with Crippen molar-refractivity contribution in [2.75, 3.05) is 7.05 Å². The summed E-state index contributed by atoms with van der Waals surface area (Å²) < 4.78 is 31.5. The first-order valence-corrected chi connectivity index (χ1v) is 7.18. The summed E-state index contributed by atoms with van der Waals surface area (Å²) in [6, 6.07) is 14.9. The van der Waals surface area contributed by atoms with Gasteiger partial charge in [-0.2, -0.15) is 0 Å². The van der Waals surface area contributed by atoms with Crippen molar-refractivity contribution in [1.82, 2.24) is 5.32 Å². The van der Waals surface area contributed by atoms with Crippen LogP contribution in [0.4, 0.5) is 8.78 Å². The largest absolute Gasteiger partial charge is 0.462 e. The van der Waals surface area contributed by atoms with E-state index in [1.807, 2.05) is 18.2 Å². The average Bonchev–Trinajstić information content (AvgIpc) is 2.92. The van der Waals surface area contributed by atoms with Crippen LogP contribution in [-0.4, -0.2) is 12.8 Å². The molecule has 0 fully saturated rings. The van der Waals surface area contributed by atoms with E-state index >= 15 is 0 Å². The van der Waals surface area contributed by atoms with Gasteiger partial charge in [0.25, 0.3) is 6.43 Å². The van der Waals surface area contributed by atoms with Crippen LogP contribution >= 0.6 is 0 Å². The van der Waals surface area contributed by atoms with Crippen LogP contribution in [0.1, 0.15) is 29.2 Å². The van der Waals surface area contributed by atoms with E-state index in [0.717, 1.165) is 5.56 Å². The van der Waals surface area contributed by atoms with Crippen molar-refractivity contribution < 1.29 is 18.3 Å². The Morgan fingerprint density at radius 1 is 1.09 bits per heavy atom. The first-order valence-electron chi connectivity index (χ1n) is 7.18. The molecule has 0 saturated heterocycles. The summed E-state index contributed by atoms with van der Waals surface area (Å²) in [5, 5.41) is 2.84. The van der Waals surface area contributed by atoms with Gasteiger partial charge in [-0.3, -0.25) is 4.79 Å². The number of benzene rings is 2. The smallest absolute Gasteiger partial charge is 0.263 e. The van der Waals surface area contributed by atoms with Gasteiger partial charge in [0, 0.05) is 18.2 Å². The van der Waals surface area contributed by atoms with Gasteiger partial charge in [0.05, 0.1) is 5.57 Å². The third-order valence-electron chi connectivity index (χ3n) is 3.70. The molecular weight excluding hydrogens is 300 g/mol. The van der Waals surface area contributed by atoms with Gasteiger partial charge in [-0.1, -0.05) is 48.5 Å². The van der Waals surface area contributed by atoms with E-state index in [-0.39, 0.29) is 11.3 Å². The fraction of sp³-hybridized carbons (Fsp3) is 0.167. The van der Waals surface area contributed by atoms with E-state index in [0.29, 0.717) is 17.0 Å². The van der Waals surface area contributed by atoms with E-state index in [2.05, 4.69) is 5.32 Å². The number of hydrogen-bond acceptors (Lipinski definition) is 3. The Kier molecular flexibility index (Phi) is 4.10. The van der Waals surface area contributed by atoms with Crippen LogP contribution in [0.2, 0.25) is 0 Å². The van der Waals surface area contributed by atoms with Crippen LogP contribution in [-0.2, 0) is 9.53 Å². The average molecular weight is 315 g/mol. The number of carbonyl (C=O) groups is 1. The highest BCUT2D eigenvalue weighted by Crippen LogP contribution is 2.37. The minimum Gasteiger partial charge on any atom is -0.462 e. The van der Waals surface area contributed by atoms with Gasteiger partial charge < -0.3 is 10.1 Å². The maximum Gasteiger partial charge on any atom is 0.263 e. The van der Waals surface area contributed by atoms with Crippen molar-refractivity contribution in [2.45, 2.75) is 12.5 Å². The SMILES string of the molecule is CNC1=C(c2cccc(C(F)F)c2)C(=O)C(c2ccccc2)O1. The molecular formula is C18H15F2NO2. The minimum absolute atomic E-state index is 0.124. The van der Waals surface area contributed by atoms with Crippen molar-refractivity contribution in [2.24, 2.45) is 0 Å². The Bertz CT molecular complexity index is 757. The lowest BCUT2D eigenvalue weighted by molar-refractivity contribution is -0.120. The number of alkyl halides is 2. The molecule has 5 heteroatoms. The molecule has 0 amide bonds. The third-order valence-corrected chi connectivity index (χ3v) is 3.70. The molecule has 1 unspecified atom stereocenters. The first-order chi connectivity index (χ1) is 11.1. The minimum atomic E-state index is -2.59. The lowest BCUT2D eigenvalue weighted by atomic mass is 9.96. The van der Waals surface area contributed by atoms with Crippen molar-refractivity contribution in [1.29, 1.82) is 0 Å². The lowest BCUT2D eigenvalue weighted by Crippen LogP contribution is -2.10. The van der Waals surface area contributed by atoms with Crippen LogP contribution < -0.4 is 5.32 Å². The van der Waals surface area contributed by atoms with Crippen LogP contribution in [0.25, 0.3) is 5.57 Å². The molecule has 1 aliphatic rings.